The van der Waals surface area contributed by atoms with Crippen molar-refractivity contribution in [3.05, 3.63) is 26.3 Å². The van der Waals surface area contributed by atoms with Gasteiger partial charge in [-0.05, 0) is 0 Å². The van der Waals surface area contributed by atoms with E-state index in [1.807, 2.05) is 0 Å². The molecular formula is C5H12O. The predicted octanol–water partition coefficient (Wildman–Crippen LogP) is 1.21. The van der Waals surface area contributed by atoms with E-state index in [0.717, 1.165) is 7.11 Å². The number of hydrogen-bond donors (Lipinski definition) is 1. The Hall–Kier alpha value is -0.560. The van der Waals surface area contributed by atoms with Gasteiger partial charge < -0.3 is 5.11 Å². The summed E-state index contributed by atoms with van der Waals surface area (Å²) < 4.78 is 0. The molecule has 1 heteroatoms. The third kappa shape index (κ3) is 65.3. The van der Waals surface area contributed by atoms with E-state index in [0.29, 0.717) is 0 Å². The lowest BCUT2D eigenvalue weighted by atomic mass is 11.3. The fourth-order valence-electron chi connectivity index (χ4n) is 0. The van der Waals surface area contributed by atoms with Crippen LogP contribution in [-0.4, -0.2) is 12.2 Å². The molecule has 0 radical (unpaired) electrons. The summed E-state index contributed by atoms with van der Waals surface area (Å²) in [5, 5.41) is 7.00. The smallest absolute Gasteiger partial charge is 0.0319 e. The van der Waals surface area contributed by atoms with Gasteiger partial charge in [0.25, 0.3) is 0 Å². The van der Waals surface area contributed by atoms with Gasteiger partial charge in [0.1, 0.15) is 0 Å². The van der Waals surface area contributed by atoms with E-state index in [4.69, 9.17) is 5.11 Å². The Kier molecular flexibility index (Phi) is 503. The van der Waals surface area contributed by atoms with Gasteiger partial charge in [-0.2, -0.15) is 0 Å². The van der Waals surface area contributed by atoms with Crippen molar-refractivity contribution in [1.29, 1.82) is 0 Å². The maximum Gasteiger partial charge on any atom is 0.0319 e. The maximum atomic E-state index is 7.00. The van der Waals surface area contributed by atoms with Crippen LogP contribution in [0, 0.1) is 0 Å². The average Bonchev–Trinajstić information content (AvgIpc) is 1.81. The van der Waals surface area contributed by atoms with E-state index in [9.17, 15) is 0 Å². The van der Waals surface area contributed by atoms with E-state index < -0.39 is 0 Å². The summed E-state index contributed by atoms with van der Waals surface area (Å²) in [4.78, 5) is 0. The summed E-state index contributed by atoms with van der Waals surface area (Å²) in [6.07, 6.45) is 0. The van der Waals surface area contributed by atoms with Crippen molar-refractivity contribution in [3.8, 4) is 0 Å². The van der Waals surface area contributed by atoms with Crippen molar-refractivity contribution in [2.45, 2.75) is 0 Å². The zero-order valence-corrected chi connectivity index (χ0v) is 4.28. The van der Waals surface area contributed by atoms with E-state index in [1.165, 1.54) is 0 Å². The molecule has 0 aliphatic heterocycles. The first-order valence-electron chi connectivity index (χ1n) is 1.45. The first-order valence-corrected chi connectivity index (χ1v) is 1.45. The van der Waals surface area contributed by atoms with Crippen molar-refractivity contribution >= 4 is 0 Å². The Morgan fingerprint density at radius 1 is 0.833 bits per heavy atom. The van der Waals surface area contributed by atoms with Gasteiger partial charge in [0.2, 0.25) is 0 Å². The Balaban J connectivity index is -0.0000000225. The molecule has 0 spiro atoms. The van der Waals surface area contributed by atoms with Crippen LogP contribution in [0.5, 0.6) is 0 Å². The maximum absolute atomic E-state index is 7.00. The molecule has 0 aliphatic carbocycles. The highest BCUT2D eigenvalue weighted by Gasteiger charge is 0.839. The first-order chi connectivity index (χ1) is 3.00. The summed E-state index contributed by atoms with van der Waals surface area (Å²) in [6, 6.07) is 0. The van der Waals surface area contributed by atoms with Crippen molar-refractivity contribution in [3.63, 3.8) is 0 Å². The molecule has 0 aromatic heterocycles. The normalized spacial score (nSPS) is 2.33. The lowest BCUT2D eigenvalue weighted by Crippen LogP contribution is -1.25. The molecule has 0 saturated carbocycles. The van der Waals surface area contributed by atoms with Gasteiger partial charge in [-0.25, -0.2) is 0 Å². The van der Waals surface area contributed by atoms with Gasteiger partial charge in [0, 0.05) is 7.11 Å². The van der Waals surface area contributed by atoms with Crippen LogP contribution in [0.3, 0.4) is 0 Å². The van der Waals surface area contributed by atoms with Crippen LogP contribution in [0.25, 0.3) is 0 Å². The predicted molar refractivity (Wildman–Crippen MR) is 30.7 cm³/mol. The Morgan fingerprint density at radius 2 is 0.833 bits per heavy atom. The molecular weight excluding hydrogens is 76.1 g/mol. The number of aliphatic hydroxyl groups is 1. The molecule has 0 saturated heterocycles. The zero-order chi connectivity index (χ0) is 6.00. The summed E-state index contributed by atoms with van der Waals surface area (Å²) in [7, 11) is 1.00. The standard InChI is InChI=1S/2C2H4.CH4O/c3*1-2/h2*1-2H2;2H,1H3. The van der Waals surface area contributed by atoms with Crippen molar-refractivity contribution in [2.75, 3.05) is 7.11 Å². The van der Waals surface area contributed by atoms with Crippen molar-refractivity contribution < 1.29 is 5.11 Å². The quantitative estimate of drug-likeness (QED) is 0.441. The van der Waals surface area contributed by atoms with Gasteiger partial charge in [-0.1, -0.05) is 0 Å². The minimum Gasteiger partial charge on any atom is -0.400 e. The highest BCUT2D eigenvalue weighted by molar-refractivity contribution is 4.22. The largest absolute Gasteiger partial charge is 0.400 e. The number of hydrogen-bond acceptors (Lipinski definition) is 1. The second-order valence-corrected chi connectivity index (χ2v) is 0. The molecule has 38 valence electrons. The molecule has 0 rings (SSSR count). The summed E-state index contributed by atoms with van der Waals surface area (Å²) in [5.41, 5.74) is 0. The number of aliphatic hydroxyl groups excluding tert-OH is 1. The van der Waals surface area contributed by atoms with Crippen LogP contribution in [0.15, 0.2) is 26.3 Å². The van der Waals surface area contributed by atoms with Crippen LogP contribution in [0.2, 0.25) is 0 Å². The van der Waals surface area contributed by atoms with Gasteiger partial charge in [-0.3, -0.25) is 0 Å². The minimum absolute atomic E-state index is 1.00. The Labute approximate surface area is 39.6 Å². The monoisotopic (exact) mass is 88.1 g/mol. The lowest BCUT2D eigenvalue weighted by Gasteiger charge is -1.21. The third-order valence-corrected chi connectivity index (χ3v) is 0. The van der Waals surface area contributed by atoms with E-state index in [-0.39, 0.29) is 0 Å². The summed E-state index contributed by atoms with van der Waals surface area (Å²) >= 11 is 0. The fraction of sp³-hybridized carbons (Fsp3) is 0.200. The molecule has 0 aromatic rings. The van der Waals surface area contributed by atoms with Gasteiger partial charge in [0.05, 0.1) is 0 Å². The summed E-state index contributed by atoms with van der Waals surface area (Å²) in [5.74, 6) is 0. The SMILES string of the molecule is C=C.C=C.CO. The first kappa shape index (κ1) is 18.0. The van der Waals surface area contributed by atoms with Gasteiger partial charge in [-0.15, -0.1) is 26.3 Å². The van der Waals surface area contributed by atoms with Crippen LogP contribution < -0.4 is 0 Å². The number of rotatable bonds is 0. The van der Waals surface area contributed by atoms with Crippen molar-refractivity contribution in [1.82, 2.24) is 0 Å². The molecule has 1 N–H and O–H groups in total. The highest BCUT2D eigenvalue weighted by Crippen LogP contribution is 0.864. The molecule has 0 bridgehead atoms. The van der Waals surface area contributed by atoms with Crippen molar-refractivity contribution in [2.24, 2.45) is 0 Å². The highest BCUT2D eigenvalue weighted by atomic mass is 16.2. The van der Waals surface area contributed by atoms with E-state index in [2.05, 4.69) is 26.3 Å². The van der Waals surface area contributed by atoms with E-state index in [1.54, 1.807) is 0 Å². The molecule has 0 amide bonds. The zero-order valence-electron chi connectivity index (χ0n) is 4.28. The molecule has 6 heavy (non-hydrogen) atoms. The second kappa shape index (κ2) is 168. The molecule has 0 fully saturated rings. The summed E-state index contributed by atoms with van der Waals surface area (Å²) in [6.45, 7) is 12.0. The molecule has 0 aliphatic rings. The molecule has 0 atom stereocenters. The molecule has 0 heterocycles. The topological polar surface area (TPSA) is 20.2 Å². The van der Waals surface area contributed by atoms with Gasteiger partial charge in [0.15, 0.2) is 0 Å². The Morgan fingerprint density at radius 3 is 0.833 bits per heavy atom. The van der Waals surface area contributed by atoms with Crippen LogP contribution >= 0.6 is 0 Å². The van der Waals surface area contributed by atoms with Gasteiger partial charge >= 0.3 is 0 Å². The molecule has 0 unspecified atom stereocenters. The van der Waals surface area contributed by atoms with Crippen LogP contribution in [0.4, 0.5) is 0 Å². The van der Waals surface area contributed by atoms with E-state index >= 15 is 0 Å². The fourth-order valence-corrected chi connectivity index (χ4v) is 0. The molecule has 1 nitrogen and oxygen atoms in total. The second-order valence-electron chi connectivity index (χ2n) is 0. The average molecular weight is 88.1 g/mol. The minimum atomic E-state index is 1.00. The third-order valence-electron chi connectivity index (χ3n) is 0. The van der Waals surface area contributed by atoms with Crippen LogP contribution in [0.1, 0.15) is 0 Å². The lowest BCUT2D eigenvalue weighted by molar-refractivity contribution is 0.399. The Bertz CT molecular complexity index is 5.90. The molecule has 0 aromatic carbocycles. The van der Waals surface area contributed by atoms with Crippen LogP contribution in [-0.2, 0) is 0 Å².